The number of carbonyl (C=O) groups is 1. The van der Waals surface area contributed by atoms with Gasteiger partial charge in [0, 0.05) is 13.0 Å². The Hall–Kier alpha value is -1.67. The van der Waals surface area contributed by atoms with Gasteiger partial charge in [-0.25, -0.2) is 4.79 Å². The maximum Gasteiger partial charge on any atom is 0.407 e. The third-order valence-corrected chi connectivity index (χ3v) is 6.57. The van der Waals surface area contributed by atoms with E-state index in [1.165, 1.54) is 25.7 Å². The molecule has 1 rings (SSSR count). The van der Waals surface area contributed by atoms with Gasteiger partial charge in [-0.2, -0.15) is 0 Å². The van der Waals surface area contributed by atoms with Crippen LogP contribution < -0.4 is 5.32 Å². The molecule has 36 heavy (non-hydrogen) atoms. The molecule has 7 heteroatoms. The summed E-state index contributed by atoms with van der Waals surface area (Å²) in [5.74, 6) is 0. The first-order valence-corrected chi connectivity index (χ1v) is 14.1. The van der Waals surface area contributed by atoms with E-state index in [0.717, 1.165) is 50.5 Å². The van der Waals surface area contributed by atoms with Gasteiger partial charge in [-0.15, -0.1) is 0 Å². The maximum atomic E-state index is 11.7. The number of hydrogen-bond acceptors (Lipinski definition) is 6. The number of aliphatic hydroxyl groups excluding tert-OH is 4. The van der Waals surface area contributed by atoms with Gasteiger partial charge in [0.15, 0.2) is 0 Å². The Bertz CT molecular complexity index is 644. The quantitative estimate of drug-likeness (QED) is 0.137. The Balaban J connectivity index is 1.96. The van der Waals surface area contributed by atoms with Gasteiger partial charge in [-0.3, -0.25) is 0 Å². The van der Waals surface area contributed by atoms with E-state index >= 15 is 0 Å². The Morgan fingerprint density at radius 3 is 1.86 bits per heavy atom. The second-order valence-corrected chi connectivity index (χ2v) is 10.0. The molecular formula is C29H51NO6. The molecule has 1 aromatic rings. The number of benzene rings is 1. The van der Waals surface area contributed by atoms with E-state index in [-0.39, 0.29) is 19.6 Å². The number of carbonyl (C=O) groups excluding carboxylic acids is 1. The van der Waals surface area contributed by atoms with Crippen LogP contribution in [0.5, 0.6) is 0 Å². The van der Waals surface area contributed by atoms with Crippen molar-refractivity contribution in [3.8, 4) is 0 Å². The molecule has 0 aliphatic carbocycles. The minimum absolute atomic E-state index is 0.0394. The minimum atomic E-state index is -0.825. The molecule has 0 aromatic heterocycles. The van der Waals surface area contributed by atoms with Gasteiger partial charge < -0.3 is 30.5 Å². The molecule has 2 unspecified atom stereocenters. The number of ether oxygens (including phenoxy) is 1. The second-order valence-electron chi connectivity index (χ2n) is 10.0. The van der Waals surface area contributed by atoms with Crippen LogP contribution in [0.1, 0.15) is 109 Å². The van der Waals surface area contributed by atoms with Crippen molar-refractivity contribution < 1.29 is 30.0 Å². The number of aliphatic hydroxyl groups is 4. The lowest BCUT2D eigenvalue weighted by Gasteiger charge is -2.18. The van der Waals surface area contributed by atoms with E-state index in [2.05, 4.69) is 12.2 Å². The van der Waals surface area contributed by atoms with E-state index in [0.29, 0.717) is 19.3 Å². The largest absolute Gasteiger partial charge is 0.445 e. The van der Waals surface area contributed by atoms with Crippen LogP contribution in [0.4, 0.5) is 4.79 Å². The molecule has 0 heterocycles. The van der Waals surface area contributed by atoms with Crippen molar-refractivity contribution in [1.29, 1.82) is 0 Å². The molecule has 0 saturated heterocycles. The van der Waals surface area contributed by atoms with Crippen LogP contribution in [0.15, 0.2) is 30.3 Å². The third-order valence-electron chi connectivity index (χ3n) is 6.57. The van der Waals surface area contributed by atoms with Crippen LogP contribution in [0.25, 0.3) is 0 Å². The number of alkyl carbamates (subject to hydrolysis) is 1. The van der Waals surface area contributed by atoms with E-state index in [4.69, 9.17) is 4.74 Å². The van der Waals surface area contributed by atoms with E-state index in [1.54, 1.807) is 0 Å². The standard InChI is InChI=1S/C29H51NO6/c1-2-3-4-5-8-14-19-27(33)28(34)20-15-9-6-7-13-18-25(31)21-26(32)22-30-29(35)36-23-24-16-11-10-12-17-24/h10-12,16-17,25-28,31-34H,2-9,13-15,18-23H2,1H3,(H,30,35)/t25-,26-,27?,28?/m1/s1. The van der Waals surface area contributed by atoms with Gasteiger partial charge in [0.1, 0.15) is 6.61 Å². The number of rotatable bonds is 22. The van der Waals surface area contributed by atoms with Crippen molar-refractivity contribution >= 4 is 6.09 Å². The molecule has 7 nitrogen and oxygen atoms in total. The first kappa shape index (κ1) is 32.4. The van der Waals surface area contributed by atoms with Crippen molar-refractivity contribution in [3.63, 3.8) is 0 Å². The lowest BCUT2D eigenvalue weighted by atomic mass is 9.99. The Kier molecular flexibility index (Phi) is 19.3. The Morgan fingerprint density at radius 2 is 1.28 bits per heavy atom. The van der Waals surface area contributed by atoms with Crippen molar-refractivity contribution in [3.05, 3.63) is 35.9 Å². The van der Waals surface area contributed by atoms with Gasteiger partial charge in [-0.05, 0) is 24.8 Å². The summed E-state index contributed by atoms with van der Waals surface area (Å²) >= 11 is 0. The zero-order chi connectivity index (χ0) is 26.4. The highest BCUT2D eigenvalue weighted by Crippen LogP contribution is 2.16. The predicted octanol–water partition coefficient (Wildman–Crippen LogP) is 5.23. The molecule has 5 N–H and O–H groups in total. The first-order chi connectivity index (χ1) is 17.4. The zero-order valence-corrected chi connectivity index (χ0v) is 22.3. The van der Waals surface area contributed by atoms with Crippen molar-refractivity contribution in [1.82, 2.24) is 5.32 Å². The van der Waals surface area contributed by atoms with Gasteiger partial charge in [0.05, 0.1) is 24.4 Å². The van der Waals surface area contributed by atoms with Crippen molar-refractivity contribution in [2.75, 3.05) is 6.54 Å². The average Bonchev–Trinajstić information content (AvgIpc) is 2.88. The van der Waals surface area contributed by atoms with Crippen LogP contribution in [-0.4, -0.2) is 57.5 Å². The van der Waals surface area contributed by atoms with E-state index in [9.17, 15) is 25.2 Å². The molecule has 0 bridgehead atoms. The summed E-state index contributed by atoms with van der Waals surface area (Å²) in [6.45, 7) is 2.41. The lowest BCUT2D eigenvalue weighted by molar-refractivity contribution is 0.00710. The highest BCUT2D eigenvalue weighted by atomic mass is 16.5. The molecular weight excluding hydrogens is 458 g/mol. The monoisotopic (exact) mass is 509 g/mol. The van der Waals surface area contributed by atoms with Crippen LogP contribution >= 0.6 is 0 Å². The van der Waals surface area contributed by atoms with Crippen LogP contribution in [-0.2, 0) is 11.3 Å². The number of unbranched alkanes of at least 4 members (excludes halogenated alkanes) is 9. The molecule has 0 spiro atoms. The molecule has 0 aliphatic heterocycles. The molecule has 1 amide bonds. The summed E-state index contributed by atoms with van der Waals surface area (Å²) in [7, 11) is 0. The number of amides is 1. The number of nitrogens with one attached hydrogen (secondary N) is 1. The lowest BCUT2D eigenvalue weighted by Crippen LogP contribution is -2.34. The molecule has 0 aliphatic rings. The normalized spacial score (nSPS) is 14.7. The fourth-order valence-corrected chi connectivity index (χ4v) is 4.27. The summed E-state index contributed by atoms with van der Waals surface area (Å²) in [6.07, 6.45) is 10.7. The number of hydrogen-bond donors (Lipinski definition) is 5. The average molecular weight is 510 g/mol. The summed E-state index contributed by atoms with van der Waals surface area (Å²) in [4.78, 5) is 11.7. The highest BCUT2D eigenvalue weighted by molar-refractivity contribution is 5.67. The third kappa shape index (κ3) is 17.7. The van der Waals surface area contributed by atoms with E-state index in [1.807, 2.05) is 30.3 Å². The molecule has 1 aromatic carbocycles. The smallest absolute Gasteiger partial charge is 0.407 e. The maximum absolute atomic E-state index is 11.7. The Labute approximate surface area is 218 Å². The zero-order valence-electron chi connectivity index (χ0n) is 22.3. The van der Waals surface area contributed by atoms with Crippen LogP contribution in [0.3, 0.4) is 0 Å². The predicted molar refractivity (Wildman–Crippen MR) is 144 cm³/mol. The SMILES string of the molecule is CCCCCCCCC(O)C(O)CCCCCCC[C@@H](O)C[C@@H](O)CNC(=O)OCc1ccccc1. The minimum Gasteiger partial charge on any atom is -0.445 e. The fraction of sp³-hybridized carbons (Fsp3) is 0.759. The van der Waals surface area contributed by atoms with Gasteiger partial charge >= 0.3 is 6.09 Å². The van der Waals surface area contributed by atoms with Crippen molar-refractivity contribution in [2.45, 2.75) is 134 Å². The fourth-order valence-electron chi connectivity index (χ4n) is 4.27. The molecule has 0 fully saturated rings. The topological polar surface area (TPSA) is 119 Å². The van der Waals surface area contributed by atoms with Gasteiger partial charge in [-0.1, -0.05) is 108 Å². The van der Waals surface area contributed by atoms with E-state index < -0.39 is 30.5 Å². The first-order valence-electron chi connectivity index (χ1n) is 14.1. The summed E-state index contributed by atoms with van der Waals surface area (Å²) in [6, 6.07) is 9.36. The summed E-state index contributed by atoms with van der Waals surface area (Å²) in [5, 5.41) is 43.0. The molecule has 4 atom stereocenters. The summed E-state index contributed by atoms with van der Waals surface area (Å²) in [5.41, 5.74) is 0.890. The Morgan fingerprint density at radius 1 is 0.750 bits per heavy atom. The van der Waals surface area contributed by atoms with Gasteiger partial charge in [0.2, 0.25) is 0 Å². The van der Waals surface area contributed by atoms with Crippen LogP contribution in [0.2, 0.25) is 0 Å². The highest BCUT2D eigenvalue weighted by Gasteiger charge is 2.16. The second kappa shape index (κ2) is 21.4. The van der Waals surface area contributed by atoms with Crippen molar-refractivity contribution in [2.24, 2.45) is 0 Å². The molecule has 0 radical (unpaired) electrons. The summed E-state index contributed by atoms with van der Waals surface area (Å²) < 4.78 is 5.10. The molecule has 208 valence electrons. The molecule has 0 saturated carbocycles. The van der Waals surface area contributed by atoms with Crippen LogP contribution in [0, 0.1) is 0 Å². The van der Waals surface area contributed by atoms with Gasteiger partial charge in [0.25, 0.3) is 0 Å².